The number of amides is 1. The normalized spacial score (nSPS) is 20.8. The standard InChI is InChI=1S/C24H30N4O2S/c29-24(27-12-14-30-15-13-27)23-20(19-7-3-4-8-21(19)31-23)16-18-6-2-1-5-11-28(18)17-22-25-9-10-26-22/h3-4,7-10,18H,1-2,5-6,11-17H2,(H,25,26). The van der Waals surface area contributed by atoms with Crippen molar-refractivity contribution in [2.75, 3.05) is 32.8 Å². The van der Waals surface area contributed by atoms with E-state index in [1.807, 2.05) is 17.3 Å². The molecule has 1 unspecified atom stereocenters. The SMILES string of the molecule is O=C(c1sc2ccccc2c1CC1CCCCCN1Cc1ncc[nH]1)N1CCOCC1. The molecule has 0 aliphatic carbocycles. The number of morpholine rings is 1. The van der Waals surface area contributed by atoms with E-state index in [-0.39, 0.29) is 5.91 Å². The Morgan fingerprint density at radius 3 is 2.87 bits per heavy atom. The minimum Gasteiger partial charge on any atom is -0.378 e. The van der Waals surface area contributed by atoms with Gasteiger partial charge in [-0.3, -0.25) is 9.69 Å². The fraction of sp³-hybridized carbons (Fsp3) is 0.500. The van der Waals surface area contributed by atoms with E-state index in [4.69, 9.17) is 4.74 Å². The van der Waals surface area contributed by atoms with Gasteiger partial charge in [0.05, 0.1) is 24.6 Å². The molecule has 164 valence electrons. The lowest BCUT2D eigenvalue weighted by molar-refractivity contribution is 0.0305. The molecule has 0 bridgehead atoms. The van der Waals surface area contributed by atoms with Crippen LogP contribution in [0.2, 0.25) is 0 Å². The molecular formula is C24H30N4O2S. The third kappa shape index (κ3) is 4.54. The Bertz CT molecular complexity index is 1010. The minimum atomic E-state index is 0.172. The highest BCUT2D eigenvalue weighted by molar-refractivity contribution is 7.21. The van der Waals surface area contributed by atoms with Crippen LogP contribution in [0.5, 0.6) is 0 Å². The summed E-state index contributed by atoms with van der Waals surface area (Å²) in [5.74, 6) is 1.19. The number of benzene rings is 1. The number of ether oxygens (including phenoxy) is 1. The van der Waals surface area contributed by atoms with Crippen LogP contribution in [0.1, 0.15) is 46.7 Å². The first-order valence-corrected chi connectivity index (χ1v) is 12.2. The first-order valence-electron chi connectivity index (χ1n) is 11.4. The average molecular weight is 439 g/mol. The van der Waals surface area contributed by atoms with Crippen LogP contribution < -0.4 is 0 Å². The predicted octanol–water partition coefficient (Wildman–Crippen LogP) is 4.08. The summed E-state index contributed by atoms with van der Waals surface area (Å²) in [6.45, 7) is 4.55. The van der Waals surface area contributed by atoms with E-state index in [1.54, 1.807) is 11.3 Å². The smallest absolute Gasteiger partial charge is 0.264 e. The highest BCUT2D eigenvalue weighted by Gasteiger charge is 2.29. The summed E-state index contributed by atoms with van der Waals surface area (Å²) in [6, 6.07) is 8.91. The molecule has 4 heterocycles. The molecule has 2 saturated heterocycles. The number of aromatic amines is 1. The summed E-state index contributed by atoms with van der Waals surface area (Å²) >= 11 is 1.66. The van der Waals surface area contributed by atoms with Crippen LogP contribution in [0.4, 0.5) is 0 Å². The zero-order valence-corrected chi connectivity index (χ0v) is 18.7. The molecule has 1 N–H and O–H groups in total. The number of H-pyrrole nitrogens is 1. The lowest BCUT2D eigenvalue weighted by Crippen LogP contribution is -2.41. The van der Waals surface area contributed by atoms with Crippen LogP contribution in [-0.4, -0.2) is 64.6 Å². The van der Waals surface area contributed by atoms with Crippen molar-refractivity contribution in [3.63, 3.8) is 0 Å². The first-order chi connectivity index (χ1) is 15.3. The summed E-state index contributed by atoms with van der Waals surface area (Å²) in [6.07, 6.45) is 9.54. The van der Waals surface area contributed by atoms with Gasteiger partial charge in [-0.2, -0.15) is 0 Å². The topological polar surface area (TPSA) is 61.5 Å². The maximum Gasteiger partial charge on any atom is 0.264 e. The summed E-state index contributed by atoms with van der Waals surface area (Å²) in [5.41, 5.74) is 1.23. The zero-order valence-electron chi connectivity index (χ0n) is 17.9. The second-order valence-electron chi connectivity index (χ2n) is 8.52. The predicted molar refractivity (Wildman–Crippen MR) is 124 cm³/mol. The van der Waals surface area contributed by atoms with Gasteiger partial charge >= 0.3 is 0 Å². The monoisotopic (exact) mass is 438 g/mol. The van der Waals surface area contributed by atoms with Crippen LogP contribution >= 0.6 is 11.3 Å². The van der Waals surface area contributed by atoms with E-state index in [2.05, 4.69) is 39.1 Å². The van der Waals surface area contributed by atoms with Gasteiger partial charge in [-0.05, 0) is 42.8 Å². The van der Waals surface area contributed by atoms with Gasteiger partial charge in [0.2, 0.25) is 0 Å². The largest absolute Gasteiger partial charge is 0.378 e. The molecule has 3 aromatic rings. The third-order valence-electron chi connectivity index (χ3n) is 6.54. The number of nitrogens with zero attached hydrogens (tertiary/aromatic N) is 3. The number of hydrogen-bond acceptors (Lipinski definition) is 5. The van der Waals surface area contributed by atoms with Crippen LogP contribution in [-0.2, 0) is 17.7 Å². The van der Waals surface area contributed by atoms with Crippen LogP contribution in [0, 0.1) is 0 Å². The molecule has 2 aromatic heterocycles. The Balaban J connectivity index is 1.46. The van der Waals surface area contributed by atoms with E-state index in [9.17, 15) is 4.79 Å². The van der Waals surface area contributed by atoms with Crippen molar-refractivity contribution in [2.45, 2.75) is 44.7 Å². The van der Waals surface area contributed by atoms with Crippen molar-refractivity contribution < 1.29 is 9.53 Å². The fourth-order valence-corrected chi connectivity index (χ4v) is 6.07. The molecule has 2 aliphatic rings. The summed E-state index contributed by atoms with van der Waals surface area (Å²) < 4.78 is 6.68. The molecule has 0 spiro atoms. The first kappa shape index (κ1) is 20.7. The summed E-state index contributed by atoms with van der Waals surface area (Å²) in [4.78, 5) is 26.7. The number of thiophene rings is 1. The Hall–Kier alpha value is -2.22. The molecule has 0 radical (unpaired) electrons. The maximum absolute atomic E-state index is 13.5. The number of likely N-dealkylation sites (tertiary alicyclic amines) is 1. The number of rotatable bonds is 5. The molecule has 2 fully saturated rings. The fourth-order valence-electron chi connectivity index (χ4n) is 4.87. The van der Waals surface area contributed by atoms with Gasteiger partial charge in [-0.15, -0.1) is 11.3 Å². The zero-order chi connectivity index (χ0) is 21.0. The highest BCUT2D eigenvalue weighted by Crippen LogP contribution is 2.35. The van der Waals surface area contributed by atoms with Crippen molar-refractivity contribution in [1.82, 2.24) is 19.8 Å². The lowest BCUT2D eigenvalue weighted by Gasteiger charge is -2.30. The van der Waals surface area contributed by atoms with Gasteiger partial charge in [-0.1, -0.05) is 31.0 Å². The highest BCUT2D eigenvalue weighted by atomic mass is 32.1. The van der Waals surface area contributed by atoms with E-state index in [0.717, 1.165) is 36.6 Å². The van der Waals surface area contributed by atoms with Crippen molar-refractivity contribution in [2.24, 2.45) is 0 Å². The van der Waals surface area contributed by atoms with Gasteiger partial charge in [-0.25, -0.2) is 4.98 Å². The Labute approximate surface area is 187 Å². The van der Waals surface area contributed by atoms with Gasteiger partial charge in [0.25, 0.3) is 5.91 Å². The molecule has 5 rings (SSSR count). The summed E-state index contributed by atoms with van der Waals surface area (Å²) in [5, 5.41) is 1.24. The van der Waals surface area contributed by atoms with Gasteiger partial charge in [0, 0.05) is 36.2 Å². The van der Waals surface area contributed by atoms with Gasteiger partial charge < -0.3 is 14.6 Å². The van der Waals surface area contributed by atoms with E-state index in [0.29, 0.717) is 32.3 Å². The Morgan fingerprint density at radius 2 is 2.03 bits per heavy atom. The van der Waals surface area contributed by atoms with Gasteiger partial charge in [0.15, 0.2) is 0 Å². The van der Waals surface area contributed by atoms with Gasteiger partial charge in [0.1, 0.15) is 5.82 Å². The van der Waals surface area contributed by atoms with Crippen LogP contribution in [0.25, 0.3) is 10.1 Å². The molecule has 1 amide bonds. The van der Waals surface area contributed by atoms with Crippen LogP contribution in [0.15, 0.2) is 36.7 Å². The average Bonchev–Trinajstić information content (AvgIpc) is 3.39. The van der Waals surface area contributed by atoms with E-state index in [1.165, 1.54) is 34.9 Å². The van der Waals surface area contributed by atoms with Crippen molar-refractivity contribution in [3.8, 4) is 0 Å². The lowest BCUT2D eigenvalue weighted by atomic mass is 9.97. The van der Waals surface area contributed by atoms with Crippen molar-refractivity contribution in [1.29, 1.82) is 0 Å². The second kappa shape index (κ2) is 9.51. The molecule has 6 nitrogen and oxygen atoms in total. The number of carbonyl (C=O) groups is 1. The Kier molecular flexibility index (Phi) is 6.34. The third-order valence-corrected chi connectivity index (χ3v) is 7.74. The maximum atomic E-state index is 13.5. The number of nitrogens with one attached hydrogen (secondary N) is 1. The number of aromatic nitrogens is 2. The molecule has 0 saturated carbocycles. The number of imidazole rings is 1. The van der Waals surface area contributed by atoms with Crippen molar-refractivity contribution >= 4 is 27.3 Å². The molecule has 1 aromatic carbocycles. The molecule has 2 aliphatic heterocycles. The van der Waals surface area contributed by atoms with Crippen LogP contribution in [0.3, 0.4) is 0 Å². The van der Waals surface area contributed by atoms with Crippen molar-refractivity contribution in [3.05, 3.63) is 52.9 Å². The number of carbonyl (C=O) groups excluding carboxylic acids is 1. The minimum absolute atomic E-state index is 0.172. The van der Waals surface area contributed by atoms with E-state index >= 15 is 0 Å². The number of hydrogen-bond donors (Lipinski definition) is 1. The molecule has 31 heavy (non-hydrogen) atoms. The molecule has 1 atom stereocenters. The Morgan fingerprint density at radius 1 is 1.16 bits per heavy atom. The van der Waals surface area contributed by atoms with E-state index < -0.39 is 0 Å². The number of fused-ring (bicyclic) bond motifs is 1. The molecular weight excluding hydrogens is 408 g/mol. The molecule has 7 heteroatoms. The quantitative estimate of drug-likeness (QED) is 0.652. The second-order valence-corrected chi connectivity index (χ2v) is 9.58. The summed E-state index contributed by atoms with van der Waals surface area (Å²) in [7, 11) is 0.